The number of carboxylic acids is 1. The number of aliphatic carboxylic acids is 1. The summed E-state index contributed by atoms with van der Waals surface area (Å²) >= 11 is 0. The molecule has 132 valence electrons. The summed E-state index contributed by atoms with van der Waals surface area (Å²) in [5.41, 5.74) is 2.66. The van der Waals surface area contributed by atoms with Crippen molar-refractivity contribution in [2.45, 2.75) is 44.1 Å². The zero-order chi connectivity index (χ0) is 17.6. The molecule has 2 aromatic rings. The molecule has 0 bridgehead atoms. The van der Waals surface area contributed by atoms with Crippen molar-refractivity contribution in [3.63, 3.8) is 0 Å². The molecule has 2 aliphatic rings. The quantitative estimate of drug-likeness (QED) is 0.888. The third-order valence-corrected chi connectivity index (χ3v) is 5.55. The van der Waals surface area contributed by atoms with Gasteiger partial charge in [0.2, 0.25) is 5.91 Å². The average Bonchev–Trinajstić information content (AvgIpc) is 3.20. The molecule has 2 N–H and O–H groups in total. The van der Waals surface area contributed by atoms with Crippen molar-refractivity contribution in [1.82, 2.24) is 4.90 Å². The molecule has 6 nitrogen and oxygen atoms in total. The first-order chi connectivity index (χ1) is 12.0. The maximum Gasteiger partial charge on any atom is 0.335 e. The molecule has 4 rings (SSSR count). The maximum absolute atomic E-state index is 12.6. The van der Waals surface area contributed by atoms with Gasteiger partial charge in [-0.15, -0.1) is 0 Å². The van der Waals surface area contributed by atoms with Crippen LogP contribution in [0.25, 0.3) is 11.0 Å². The van der Waals surface area contributed by atoms with Crippen molar-refractivity contribution in [2.24, 2.45) is 0 Å². The van der Waals surface area contributed by atoms with Crippen molar-refractivity contribution in [1.29, 1.82) is 0 Å². The second-order valence-electron chi connectivity index (χ2n) is 7.13. The Labute approximate surface area is 145 Å². The highest BCUT2D eigenvalue weighted by Crippen LogP contribution is 2.31. The van der Waals surface area contributed by atoms with Gasteiger partial charge < -0.3 is 19.5 Å². The second-order valence-corrected chi connectivity index (χ2v) is 7.13. The topological polar surface area (TPSA) is 91.0 Å². The first kappa shape index (κ1) is 16.1. The Balaban J connectivity index is 1.48. The standard InChI is InChI=1S/C19H21NO5/c21-17(20-6-4-19(24,5-7-20)18(22)23)10-14-11-25-16-9-13-3-1-2-12(13)8-15(14)16/h8-9,11,24H,1-7,10H2,(H,22,23). The van der Waals surface area contributed by atoms with E-state index in [1.54, 1.807) is 11.2 Å². The lowest BCUT2D eigenvalue weighted by atomic mass is 9.91. The number of carbonyl (C=O) groups excluding carboxylic acids is 1. The Morgan fingerprint density at radius 3 is 2.52 bits per heavy atom. The number of aliphatic hydroxyl groups is 1. The Morgan fingerprint density at radius 1 is 1.16 bits per heavy atom. The summed E-state index contributed by atoms with van der Waals surface area (Å²) in [6, 6.07) is 4.22. The number of hydrogen-bond donors (Lipinski definition) is 2. The summed E-state index contributed by atoms with van der Waals surface area (Å²) in [5.74, 6) is -1.27. The fourth-order valence-electron chi connectivity index (χ4n) is 3.90. The summed E-state index contributed by atoms with van der Waals surface area (Å²) < 4.78 is 5.64. The monoisotopic (exact) mass is 343 g/mol. The minimum atomic E-state index is -1.71. The highest BCUT2D eigenvalue weighted by Gasteiger charge is 2.40. The predicted molar refractivity (Wildman–Crippen MR) is 90.3 cm³/mol. The van der Waals surface area contributed by atoms with Crippen LogP contribution >= 0.6 is 0 Å². The molecule has 2 heterocycles. The lowest BCUT2D eigenvalue weighted by molar-refractivity contribution is -0.165. The number of amides is 1. The molecular weight excluding hydrogens is 322 g/mol. The van der Waals surface area contributed by atoms with Crippen LogP contribution in [0.2, 0.25) is 0 Å². The molecular formula is C19H21NO5. The Kier molecular flexibility index (Phi) is 3.80. The van der Waals surface area contributed by atoms with Crippen molar-refractivity contribution in [3.05, 3.63) is 35.1 Å². The first-order valence-electron chi connectivity index (χ1n) is 8.72. The predicted octanol–water partition coefficient (Wildman–Crippen LogP) is 1.90. The van der Waals surface area contributed by atoms with Crippen molar-refractivity contribution < 1.29 is 24.2 Å². The molecule has 6 heteroatoms. The lowest BCUT2D eigenvalue weighted by Crippen LogP contribution is -2.51. The zero-order valence-corrected chi connectivity index (χ0v) is 14.0. The first-order valence-corrected chi connectivity index (χ1v) is 8.72. The van der Waals surface area contributed by atoms with Crippen molar-refractivity contribution in [2.75, 3.05) is 13.1 Å². The highest BCUT2D eigenvalue weighted by molar-refractivity contribution is 5.89. The Bertz CT molecular complexity index is 845. The van der Waals surface area contributed by atoms with Gasteiger partial charge in [0.15, 0.2) is 5.60 Å². The van der Waals surface area contributed by atoms with E-state index in [0.717, 1.165) is 35.8 Å². The van der Waals surface area contributed by atoms with Gasteiger partial charge in [0.05, 0.1) is 12.7 Å². The fourth-order valence-corrected chi connectivity index (χ4v) is 3.90. The van der Waals surface area contributed by atoms with E-state index in [1.807, 2.05) is 0 Å². The Hall–Kier alpha value is -2.34. The maximum atomic E-state index is 12.6. The van der Waals surface area contributed by atoms with Gasteiger partial charge in [0, 0.05) is 36.9 Å². The van der Waals surface area contributed by atoms with Crippen molar-refractivity contribution in [3.8, 4) is 0 Å². The van der Waals surface area contributed by atoms with E-state index >= 15 is 0 Å². The molecule has 25 heavy (non-hydrogen) atoms. The van der Waals surface area contributed by atoms with Gasteiger partial charge in [0.25, 0.3) is 0 Å². The van der Waals surface area contributed by atoms with Gasteiger partial charge >= 0.3 is 5.97 Å². The zero-order valence-electron chi connectivity index (χ0n) is 14.0. The third kappa shape index (κ3) is 2.80. The van der Waals surface area contributed by atoms with E-state index in [0.29, 0.717) is 0 Å². The van der Waals surface area contributed by atoms with Gasteiger partial charge in [-0.1, -0.05) is 0 Å². The van der Waals surface area contributed by atoms with Crippen LogP contribution < -0.4 is 0 Å². The van der Waals surface area contributed by atoms with E-state index in [9.17, 15) is 14.7 Å². The second kappa shape index (κ2) is 5.88. The number of piperidine rings is 1. The van der Waals surface area contributed by atoms with E-state index in [1.165, 1.54) is 11.1 Å². The van der Waals surface area contributed by atoms with Crippen LogP contribution in [0.5, 0.6) is 0 Å². The molecule has 0 unspecified atom stereocenters. The SMILES string of the molecule is O=C(Cc1coc2cc3c(cc12)CCC3)N1CCC(O)(C(=O)O)CC1. The number of carbonyl (C=O) groups is 2. The van der Waals surface area contributed by atoms with Crippen LogP contribution in [0.3, 0.4) is 0 Å². The molecule has 0 atom stereocenters. The summed E-state index contributed by atoms with van der Waals surface area (Å²) in [4.78, 5) is 25.3. The van der Waals surface area contributed by atoms with Crippen LogP contribution in [-0.4, -0.2) is 45.7 Å². The molecule has 0 saturated carbocycles. The van der Waals surface area contributed by atoms with E-state index in [2.05, 4.69) is 12.1 Å². The largest absolute Gasteiger partial charge is 0.479 e. The molecule has 1 saturated heterocycles. The number of benzene rings is 1. The molecule has 1 amide bonds. The van der Waals surface area contributed by atoms with E-state index in [4.69, 9.17) is 9.52 Å². The normalized spacial score (nSPS) is 19.2. The Morgan fingerprint density at radius 2 is 1.84 bits per heavy atom. The summed E-state index contributed by atoms with van der Waals surface area (Å²) in [6.07, 6.45) is 5.33. The van der Waals surface area contributed by atoms with Gasteiger partial charge in [-0.3, -0.25) is 4.79 Å². The molecule has 1 aliphatic carbocycles. The van der Waals surface area contributed by atoms with Gasteiger partial charge in [-0.2, -0.15) is 0 Å². The smallest absolute Gasteiger partial charge is 0.335 e. The van der Waals surface area contributed by atoms with Gasteiger partial charge in [0.1, 0.15) is 5.58 Å². The number of carboxylic acid groups (broad SMARTS) is 1. The average molecular weight is 343 g/mol. The number of fused-ring (bicyclic) bond motifs is 2. The van der Waals surface area contributed by atoms with Crippen LogP contribution in [-0.2, 0) is 28.9 Å². The molecule has 1 aromatic heterocycles. The van der Waals surface area contributed by atoms with Crippen LogP contribution in [0.15, 0.2) is 22.8 Å². The fraction of sp³-hybridized carbons (Fsp3) is 0.474. The number of likely N-dealkylation sites (tertiary alicyclic amines) is 1. The molecule has 1 aliphatic heterocycles. The number of aryl methyl sites for hydroxylation is 2. The summed E-state index contributed by atoms with van der Waals surface area (Å²) in [5, 5.41) is 20.0. The van der Waals surface area contributed by atoms with Crippen LogP contribution in [0.4, 0.5) is 0 Å². The van der Waals surface area contributed by atoms with Crippen LogP contribution in [0.1, 0.15) is 36.0 Å². The minimum absolute atomic E-state index is 0.0596. The number of furan rings is 1. The lowest BCUT2D eigenvalue weighted by Gasteiger charge is -2.35. The van der Waals surface area contributed by atoms with E-state index < -0.39 is 11.6 Å². The molecule has 0 radical (unpaired) electrons. The summed E-state index contributed by atoms with van der Waals surface area (Å²) in [7, 11) is 0. The molecule has 0 spiro atoms. The van der Waals surface area contributed by atoms with Crippen molar-refractivity contribution >= 4 is 22.8 Å². The highest BCUT2D eigenvalue weighted by atomic mass is 16.4. The van der Waals surface area contributed by atoms with Crippen LogP contribution in [0, 0.1) is 0 Å². The minimum Gasteiger partial charge on any atom is -0.479 e. The molecule has 1 aromatic carbocycles. The number of hydrogen-bond acceptors (Lipinski definition) is 4. The van der Waals surface area contributed by atoms with Gasteiger partial charge in [-0.25, -0.2) is 4.79 Å². The van der Waals surface area contributed by atoms with Gasteiger partial charge in [-0.05, 0) is 42.5 Å². The molecule has 1 fully saturated rings. The van der Waals surface area contributed by atoms with E-state index in [-0.39, 0.29) is 38.3 Å². The third-order valence-electron chi connectivity index (χ3n) is 5.55. The summed E-state index contributed by atoms with van der Waals surface area (Å²) in [6.45, 7) is 0.514. The number of nitrogens with zero attached hydrogens (tertiary/aromatic N) is 1. The number of rotatable bonds is 3.